The molecule has 0 saturated heterocycles. The van der Waals surface area contributed by atoms with Gasteiger partial charge in [-0.15, -0.1) is 0 Å². The molecule has 1 unspecified atom stereocenters. The van der Waals surface area contributed by atoms with Crippen LogP contribution < -0.4 is 16.0 Å². The van der Waals surface area contributed by atoms with Gasteiger partial charge in [-0.05, 0) is 68.7 Å². The summed E-state index contributed by atoms with van der Waals surface area (Å²) >= 11 is 0. The molecule has 0 aromatic carbocycles. The van der Waals surface area contributed by atoms with Crippen LogP contribution in [0.25, 0.3) is 0 Å². The van der Waals surface area contributed by atoms with E-state index in [9.17, 15) is 29.1 Å². The first-order chi connectivity index (χ1) is 16.7. The molecule has 4 N–H and O–H groups in total. The molecule has 4 amide bonds. The van der Waals surface area contributed by atoms with E-state index in [1.54, 1.807) is 62.3 Å². The van der Waals surface area contributed by atoms with Crippen LogP contribution in [0.4, 0.5) is 14.4 Å². The van der Waals surface area contributed by atoms with E-state index in [1.165, 1.54) is 4.90 Å². The minimum absolute atomic E-state index is 0.0611. The fourth-order valence-corrected chi connectivity index (χ4v) is 2.71. The van der Waals surface area contributed by atoms with Crippen molar-refractivity contribution in [3.8, 4) is 0 Å². The summed E-state index contributed by atoms with van der Waals surface area (Å²) in [6, 6.07) is -1.35. The Morgan fingerprint density at radius 2 is 1.08 bits per heavy atom. The first kappa shape index (κ1) is 33.8. The number of rotatable bonds is 11. The highest BCUT2D eigenvalue weighted by molar-refractivity contribution is 5.82. The van der Waals surface area contributed by atoms with E-state index in [4.69, 9.17) is 14.2 Å². The van der Waals surface area contributed by atoms with E-state index in [1.807, 2.05) is 0 Å². The van der Waals surface area contributed by atoms with Gasteiger partial charge in [0.2, 0.25) is 5.91 Å². The quantitative estimate of drug-likeness (QED) is 0.292. The second kappa shape index (κ2) is 14.5. The molecule has 0 aliphatic heterocycles. The highest BCUT2D eigenvalue weighted by Gasteiger charge is 2.26. The maximum absolute atomic E-state index is 12.9. The van der Waals surface area contributed by atoms with Gasteiger partial charge in [0.1, 0.15) is 22.8 Å². The molecule has 13 heteroatoms. The van der Waals surface area contributed by atoms with Gasteiger partial charge in [-0.2, -0.15) is 0 Å². The van der Waals surface area contributed by atoms with Gasteiger partial charge in [0.05, 0.1) is 0 Å². The Morgan fingerprint density at radius 1 is 0.703 bits per heavy atom. The zero-order chi connectivity index (χ0) is 29.0. The topological polar surface area (TPSA) is 173 Å². The SMILES string of the molecule is CC(C)(C)OC(=O)NCCN(CCNC(=O)OC(C)(C)C)C(=O)CCC(NC(=O)OC(C)(C)C)C(=O)O. The lowest BCUT2D eigenvalue weighted by Gasteiger charge is -2.26. The molecular weight excluding hydrogens is 488 g/mol. The number of amides is 4. The van der Waals surface area contributed by atoms with Crippen LogP contribution in [0.2, 0.25) is 0 Å². The number of hydrogen-bond acceptors (Lipinski definition) is 8. The van der Waals surface area contributed by atoms with E-state index >= 15 is 0 Å². The number of nitrogens with zero attached hydrogens (tertiary/aromatic N) is 1. The van der Waals surface area contributed by atoms with Crippen molar-refractivity contribution in [1.29, 1.82) is 0 Å². The highest BCUT2D eigenvalue weighted by atomic mass is 16.6. The molecular formula is C24H44N4O9. The molecule has 0 fully saturated rings. The van der Waals surface area contributed by atoms with Crippen molar-refractivity contribution in [3.05, 3.63) is 0 Å². The fourth-order valence-electron chi connectivity index (χ4n) is 2.71. The first-order valence-electron chi connectivity index (χ1n) is 12.1. The summed E-state index contributed by atoms with van der Waals surface area (Å²) in [5, 5.41) is 16.8. The molecule has 0 spiro atoms. The molecule has 0 heterocycles. The van der Waals surface area contributed by atoms with Gasteiger partial charge in [-0.25, -0.2) is 19.2 Å². The number of nitrogens with one attached hydrogen (secondary N) is 3. The Labute approximate surface area is 218 Å². The van der Waals surface area contributed by atoms with E-state index < -0.39 is 53.0 Å². The van der Waals surface area contributed by atoms with Gasteiger partial charge in [-0.1, -0.05) is 0 Å². The summed E-state index contributed by atoms with van der Waals surface area (Å²) < 4.78 is 15.4. The van der Waals surface area contributed by atoms with Crippen LogP contribution in [0.15, 0.2) is 0 Å². The Bertz CT molecular complexity index is 762. The summed E-state index contributed by atoms with van der Waals surface area (Å²) in [4.78, 5) is 61.6. The number of alkyl carbamates (subject to hydrolysis) is 3. The molecule has 13 nitrogen and oxygen atoms in total. The predicted molar refractivity (Wildman–Crippen MR) is 135 cm³/mol. The van der Waals surface area contributed by atoms with Gasteiger partial charge < -0.3 is 40.2 Å². The Balaban J connectivity index is 5.11. The van der Waals surface area contributed by atoms with Gasteiger partial charge in [0, 0.05) is 32.6 Å². The standard InChI is InChI=1S/C24H44N4O9/c1-22(2,3)35-19(32)25-12-14-28(15-13-26-20(33)36-23(4,5)6)17(29)11-10-16(18(30)31)27-21(34)37-24(7,8)9/h16H,10-15H2,1-9H3,(H,25,32)(H,26,33)(H,27,34)(H,30,31). The van der Waals surface area contributed by atoms with Crippen molar-refractivity contribution in [2.45, 2.75) is 98.0 Å². The van der Waals surface area contributed by atoms with Crippen molar-refractivity contribution in [1.82, 2.24) is 20.9 Å². The van der Waals surface area contributed by atoms with Crippen LogP contribution in [0.1, 0.15) is 75.2 Å². The van der Waals surface area contributed by atoms with Crippen LogP contribution in [-0.2, 0) is 23.8 Å². The molecule has 0 radical (unpaired) electrons. The molecule has 214 valence electrons. The summed E-state index contributed by atoms with van der Waals surface area (Å²) in [5.41, 5.74) is -2.20. The molecule has 0 aliphatic rings. The average Bonchev–Trinajstić information content (AvgIpc) is 2.65. The van der Waals surface area contributed by atoms with Crippen molar-refractivity contribution in [2.75, 3.05) is 26.2 Å². The van der Waals surface area contributed by atoms with Crippen LogP contribution in [-0.4, -0.2) is 89.2 Å². The number of carbonyl (C=O) groups excluding carboxylic acids is 4. The van der Waals surface area contributed by atoms with Gasteiger partial charge in [0.15, 0.2) is 0 Å². The summed E-state index contributed by atoms with van der Waals surface area (Å²) in [7, 11) is 0. The Kier molecular flexibility index (Phi) is 13.2. The summed E-state index contributed by atoms with van der Waals surface area (Å²) in [6.07, 6.45) is -2.62. The Hall–Kier alpha value is -3.25. The lowest BCUT2D eigenvalue weighted by Crippen LogP contribution is -2.46. The third kappa shape index (κ3) is 18.6. The maximum atomic E-state index is 12.9. The molecule has 0 aliphatic carbocycles. The molecule has 0 bridgehead atoms. The maximum Gasteiger partial charge on any atom is 0.408 e. The number of hydrogen-bond donors (Lipinski definition) is 4. The van der Waals surface area contributed by atoms with Crippen molar-refractivity contribution < 1.29 is 43.3 Å². The number of carboxylic acids is 1. The first-order valence-corrected chi connectivity index (χ1v) is 12.1. The van der Waals surface area contributed by atoms with E-state index in [-0.39, 0.29) is 39.0 Å². The van der Waals surface area contributed by atoms with Crippen molar-refractivity contribution in [2.24, 2.45) is 0 Å². The monoisotopic (exact) mass is 532 g/mol. The second-order valence-corrected chi connectivity index (χ2v) is 11.3. The third-order valence-electron chi connectivity index (χ3n) is 4.09. The van der Waals surface area contributed by atoms with Gasteiger partial charge in [-0.3, -0.25) is 4.79 Å². The number of ether oxygens (including phenoxy) is 3. The zero-order valence-electron chi connectivity index (χ0n) is 23.5. The molecule has 0 rings (SSSR count). The van der Waals surface area contributed by atoms with Crippen LogP contribution in [0, 0.1) is 0 Å². The molecule has 37 heavy (non-hydrogen) atoms. The van der Waals surface area contributed by atoms with Gasteiger partial charge >= 0.3 is 24.2 Å². The van der Waals surface area contributed by atoms with Crippen molar-refractivity contribution in [3.63, 3.8) is 0 Å². The smallest absolute Gasteiger partial charge is 0.408 e. The minimum Gasteiger partial charge on any atom is -0.480 e. The summed E-state index contributed by atoms with van der Waals surface area (Å²) in [5.74, 6) is -1.75. The predicted octanol–water partition coefficient (Wildman–Crippen LogP) is 2.62. The second-order valence-electron chi connectivity index (χ2n) is 11.3. The molecule has 1 atom stereocenters. The van der Waals surface area contributed by atoms with E-state index in [0.29, 0.717) is 0 Å². The van der Waals surface area contributed by atoms with Crippen molar-refractivity contribution >= 4 is 30.2 Å². The van der Waals surface area contributed by atoms with Crippen LogP contribution in [0.5, 0.6) is 0 Å². The van der Waals surface area contributed by atoms with E-state index in [0.717, 1.165) is 0 Å². The molecule has 0 aromatic heterocycles. The molecule has 0 saturated carbocycles. The lowest BCUT2D eigenvalue weighted by atomic mass is 10.1. The molecule has 0 aromatic rings. The third-order valence-corrected chi connectivity index (χ3v) is 4.09. The van der Waals surface area contributed by atoms with Crippen LogP contribution in [0.3, 0.4) is 0 Å². The fraction of sp³-hybridized carbons (Fsp3) is 0.792. The normalized spacial score (nSPS) is 12.6. The van der Waals surface area contributed by atoms with Crippen LogP contribution >= 0.6 is 0 Å². The van der Waals surface area contributed by atoms with E-state index in [2.05, 4.69) is 16.0 Å². The number of aliphatic carboxylic acids is 1. The minimum atomic E-state index is -1.35. The zero-order valence-corrected chi connectivity index (χ0v) is 23.5. The number of carbonyl (C=O) groups is 5. The van der Waals surface area contributed by atoms with Gasteiger partial charge in [0.25, 0.3) is 0 Å². The summed E-state index contributed by atoms with van der Waals surface area (Å²) in [6.45, 7) is 15.5. The highest BCUT2D eigenvalue weighted by Crippen LogP contribution is 2.10. The Morgan fingerprint density at radius 3 is 1.43 bits per heavy atom. The largest absolute Gasteiger partial charge is 0.480 e. The lowest BCUT2D eigenvalue weighted by molar-refractivity contribution is -0.140. The number of carboxylic acid groups (broad SMARTS) is 1. The average molecular weight is 533 g/mol.